The molecule has 0 unspecified atom stereocenters. The molecule has 1 aliphatic carbocycles. The molecule has 23 heavy (non-hydrogen) atoms. The Bertz CT molecular complexity index is 861. The van der Waals surface area contributed by atoms with Gasteiger partial charge in [-0.1, -0.05) is 18.2 Å². The summed E-state index contributed by atoms with van der Waals surface area (Å²) in [4.78, 5) is 27.1. The number of fused-ring (bicyclic) bond motifs is 2. The molecule has 1 aromatic carbocycles. The van der Waals surface area contributed by atoms with E-state index in [0.29, 0.717) is 16.8 Å². The van der Waals surface area contributed by atoms with E-state index in [1.807, 2.05) is 24.3 Å². The molecule has 0 saturated carbocycles. The molecule has 2 aromatic rings. The third-order valence-corrected chi connectivity index (χ3v) is 4.54. The molecule has 4 rings (SSSR count). The fourth-order valence-corrected chi connectivity index (χ4v) is 3.49. The number of aryl methyl sites for hydroxylation is 1. The highest BCUT2D eigenvalue weighted by molar-refractivity contribution is 6.35. The average Bonchev–Trinajstić information content (AvgIpc) is 3.05. The standard InChI is InChI=1S/C18H16N2O3/c21-17-12(10-5-1-3-7-13(10)20-17)9-15-16(18(22)23)11-6-2-4-8-14(11)19-15/h1,3,5,7,9,19H,2,4,6,8H2,(H,20,21)(H,22,23). The van der Waals surface area contributed by atoms with Gasteiger partial charge >= 0.3 is 5.97 Å². The maximum Gasteiger partial charge on any atom is 0.338 e. The van der Waals surface area contributed by atoms with Crippen molar-refractivity contribution in [2.75, 3.05) is 5.32 Å². The van der Waals surface area contributed by atoms with Crippen LogP contribution in [0.25, 0.3) is 11.6 Å². The van der Waals surface area contributed by atoms with Crippen LogP contribution in [-0.4, -0.2) is 22.0 Å². The maximum atomic E-state index is 12.2. The first-order chi connectivity index (χ1) is 11.1. The van der Waals surface area contributed by atoms with E-state index in [-0.39, 0.29) is 5.91 Å². The minimum Gasteiger partial charge on any atom is -0.478 e. The minimum absolute atomic E-state index is 0.199. The van der Waals surface area contributed by atoms with Crippen LogP contribution >= 0.6 is 0 Å². The van der Waals surface area contributed by atoms with Gasteiger partial charge in [-0.25, -0.2) is 4.79 Å². The second-order valence-corrected chi connectivity index (χ2v) is 5.94. The molecule has 0 fully saturated rings. The molecule has 1 aliphatic heterocycles. The lowest BCUT2D eigenvalue weighted by atomic mass is 9.94. The van der Waals surface area contributed by atoms with Gasteiger partial charge in [0.2, 0.25) is 0 Å². The highest BCUT2D eigenvalue weighted by Gasteiger charge is 2.27. The number of benzene rings is 1. The van der Waals surface area contributed by atoms with Gasteiger partial charge in [-0.05, 0) is 43.4 Å². The molecule has 3 N–H and O–H groups in total. The number of H-pyrrole nitrogens is 1. The number of carbonyl (C=O) groups excluding carboxylic acids is 1. The van der Waals surface area contributed by atoms with Crippen LogP contribution in [0, 0.1) is 0 Å². The molecule has 0 atom stereocenters. The van der Waals surface area contributed by atoms with Gasteiger partial charge in [-0.2, -0.15) is 0 Å². The molecule has 2 heterocycles. The van der Waals surface area contributed by atoms with E-state index in [9.17, 15) is 14.7 Å². The third-order valence-electron chi connectivity index (χ3n) is 4.54. The Labute approximate surface area is 133 Å². The smallest absolute Gasteiger partial charge is 0.338 e. The van der Waals surface area contributed by atoms with Gasteiger partial charge in [0.1, 0.15) is 0 Å². The van der Waals surface area contributed by atoms with Crippen molar-refractivity contribution in [2.45, 2.75) is 25.7 Å². The van der Waals surface area contributed by atoms with Crippen LogP contribution in [0.3, 0.4) is 0 Å². The predicted octanol–water partition coefficient (Wildman–Crippen LogP) is 3.08. The molecule has 0 radical (unpaired) electrons. The number of aromatic nitrogens is 1. The third kappa shape index (κ3) is 2.16. The minimum atomic E-state index is -0.942. The summed E-state index contributed by atoms with van der Waals surface area (Å²) in [6.45, 7) is 0. The summed E-state index contributed by atoms with van der Waals surface area (Å²) in [6, 6.07) is 7.43. The van der Waals surface area contributed by atoms with Gasteiger partial charge in [-0.3, -0.25) is 4.79 Å². The number of carboxylic acids is 1. The SMILES string of the molecule is O=C1Nc2ccccc2C1=Cc1[nH]c2c(c1C(=O)O)CCCC2. The lowest BCUT2D eigenvalue weighted by molar-refractivity contribution is -0.110. The van der Waals surface area contributed by atoms with Crippen molar-refractivity contribution in [3.8, 4) is 0 Å². The van der Waals surface area contributed by atoms with Crippen molar-refractivity contribution in [3.63, 3.8) is 0 Å². The Kier molecular flexibility index (Phi) is 3.08. The zero-order valence-corrected chi connectivity index (χ0v) is 12.5. The number of carbonyl (C=O) groups is 2. The van der Waals surface area contributed by atoms with Crippen molar-refractivity contribution in [3.05, 3.63) is 52.3 Å². The molecule has 1 amide bonds. The van der Waals surface area contributed by atoms with Crippen LogP contribution in [0.15, 0.2) is 24.3 Å². The molecule has 1 aromatic heterocycles. The van der Waals surface area contributed by atoms with E-state index in [4.69, 9.17) is 0 Å². The zero-order chi connectivity index (χ0) is 16.0. The number of para-hydroxylation sites is 1. The molecule has 0 spiro atoms. The summed E-state index contributed by atoms with van der Waals surface area (Å²) in [5.41, 5.74) is 4.78. The molecule has 0 bridgehead atoms. The summed E-state index contributed by atoms with van der Waals surface area (Å²) >= 11 is 0. The normalized spacial score (nSPS) is 17.7. The summed E-state index contributed by atoms with van der Waals surface area (Å²) in [5.74, 6) is -1.14. The first-order valence-corrected chi connectivity index (χ1v) is 7.74. The Morgan fingerprint density at radius 3 is 2.78 bits per heavy atom. The zero-order valence-electron chi connectivity index (χ0n) is 12.5. The molecule has 116 valence electrons. The number of hydrogen-bond acceptors (Lipinski definition) is 2. The molecule has 5 nitrogen and oxygen atoms in total. The Balaban J connectivity index is 1.87. The molecular formula is C18H16N2O3. The van der Waals surface area contributed by atoms with Crippen LogP contribution in [0.5, 0.6) is 0 Å². The second-order valence-electron chi connectivity index (χ2n) is 5.94. The topological polar surface area (TPSA) is 82.2 Å². The number of aromatic carboxylic acids is 1. The lowest BCUT2D eigenvalue weighted by Crippen LogP contribution is -2.07. The quantitative estimate of drug-likeness (QED) is 0.746. The van der Waals surface area contributed by atoms with Gasteiger partial charge in [0.15, 0.2) is 0 Å². The lowest BCUT2D eigenvalue weighted by Gasteiger charge is -2.10. The molecule has 5 heteroatoms. The van der Waals surface area contributed by atoms with Gasteiger partial charge in [0.25, 0.3) is 5.91 Å². The number of aromatic amines is 1. The van der Waals surface area contributed by atoms with E-state index in [2.05, 4.69) is 10.3 Å². The van der Waals surface area contributed by atoms with Crippen molar-refractivity contribution >= 4 is 29.2 Å². The van der Waals surface area contributed by atoms with E-state index >= 15 is 0 Å². The Morgan fingerprint density at radius 1 is 1.17 bits per heavy atom. The van der Waals surface area contributed by atoms with E-state index in [0.717, 1.165) is 48.2 Å². The largest absolute Gasteiger partial charge is 0.478 e. The number of rotatable bonds is 2. The first kappa shape index (κ1) is 13.8. The highest BCUT2D eigenvalue weighted by atomic mass is 16.4. The summed E-state index contributed by atoms with van der Waals surface area (Å²) in [6.07, 6.45) is 5.38. The van der Waals surface area contributed by atoms with Crippen LogP contribution < -0.4 is 5.32 Å². The Morgan fingerprint density at radius 2 is 1.96 bits per heavy atom. The van der Waals surface area contributed by atoms with Crippen molar-refractivity contribution in [1.82, 2.24) is 4.98 Å². The van der Waals surface area contributed by atoms with E-state index in [1.54, 1.807) is 6.08 Å². The molecule has 2 aliphatic rings. The van der Waals surface area contributed by atoms with Gasteiger partial charge in [0.05, 0.1) is 16.8 Å². The fraction of sp³-hybridized carbons (Fsp3) is 0.222. The van der Waals surface area contributed by atoms with Gasteiger partial charge < -0.3 is 15.4 Å². The summed E-state index contributed by atoms with van der Waals surface area (Å²) in [5, 5.41) is 12.4. The van der Waals surface area contributed by atoms with Gasteiger partial charge in [0, 0.05) is 16.9 Å². The second kappa shape index (κ2) is 5.12. The van der Waals surface area contributed by atoms with Crippen molar-refractivity contribution in [2.24, 2.45) is 0 Å². The van der Waals surface area contributed by atoms with Gasteiger partial charge in [-0.15, -0.1) is 0 Å². The summed E-state index contributed by atoms with van der Waals surface area (Å²) in [7, 11) is 0. The van der Waals surface area contributed by atoms with Crippen LogP contribution in [0.2, 0.25) is 0 Å². The number of anilines is 1. The van der Waals surface area contributed by atoms with Crippen molar-refractivity contribution < 1.29 is 14.7 Å². The molecule has 0 saturated heterocycles. The van der Waals surface area contributed by atoms with Crippen LogP contribution in [-0.2, 0) is 17.6 Å². The number of carboxylic acid groups (broad SMARTS) is 1. The maximum absolute atomic E-state index is 12.2. The first-order valence-electron chi connectivity index (χ1n) is 7.74. The van der Waals surface area contributed by atoms with Crippen LogP contribution in [0.4, 0.5) is 5.69 Å². The summed E-state index contributed by atoms with van der Waals surface area (Å²) < 4.78 is 0. The van der Waals surface area contributed by atoms with E-state index < -0.39 is 5.97 Å². The van der Waals surface area contributed by atoms with Crippen molar-refractivity contribution in [1.29, 1.82) is 0 Å². The Hall–Kier alpha value is -2.82. The molecular weight excluding hydrogens is 292 g/mol. The predicted molar refractivity (Wildman–Crippen MR) is 87.3 cm³/mol. The number of amides is 1. The number of hydrogen-bond donors (Lipinski definition) is 3. The highest BCUT2D eigenvalue weighted by Crippen LogP contribution is 2.35. The number of nitrogens with one attached hydrogen (secondary N) is 2. The fourth-order valence-electron chi connectivity index (χ4n) is 3.49. The van der Waals surface area contributed by atoms with Crippen LogP contribution in [0.1, 0.15) is 45.7 Å². The average molecular weight is 308 g/mol. The van der Waals surface area contributed by atoms with E-state index in [1.165, 1.54) is 0 Å². The monoisotopic (exact) mass is 308 g/mol.